The van der Waals surface area contributed by atoms with Crippen LogP contribution in [0.4, 0.5) is 5.69 Å². The Hall–Kier alpha value is -2.62. The standard InChI is InChI=1S/C22H25N3O/c1-5-24-19-9-7-6-8-18(19)23-22(24)17-12-20(26)25(13-17)21-15(3)10-14(2)11-16(21)4/h6-11,17H,5,12-13H2,1-4H3. The van der Waals surface area contributed by atoms with Crippen LogP contribution in [0.25, 0.3) is 11.0 Å². The number of imidazole rings is 1. The van der Waals surface area contributed by atoms with E-state index in [2.05, 4.69) is 50.5 Å². The maximum Gasteiger partial charge on any atom is 0.227 e. The topological polar surface area (TPSA) is 38.1 Å². The van der Waals surface area contributed by atoms with Gasteiger partial charge in [0, 0.05) is 31.1 Å². The average molecular weight is 347 g/mol. The van der Waals surface area contributed by atoms with Crippen LogP contribution < -0.4 is 4.90 Å². The van der Waals surface area contributed by atoms with Gasteiger partial charge in [-0.25, -0.2) is 4.98 Å². The van der Waals surface area contributed by atoms with Crippen molar-refractivity contribution < 1.29 is 4.79 Å². The van der Waals surface area contributed by atoms with Crippen LogP contribution in [0.5, 0.6) is 0 Å². The number of carbonyl (C=O) groups is 1. The molecular weight excluding hydrogens is 322 g/mol. The van der Waals surface area contributed by atoms with Crippen molar-refractivity contribution in [2.45, 2.75) is 46.6 Å². The smallest absolute Gasteiger partial charge is 0.227 e. The molecule has 3 aromatic rings. The number of carbonyl (C=O) groups excluding carboxylic acids is 1. The fourth-order valence-corrected chi connectivity index (χ4v) is 4.43. The van der Waals surface area contributed by atoms with Gasteiger partial charge in [-0.3, -0.25) is 4.79 Å². The first-order chi connectivity index (χ1) is 12.5. The van der Waals surface area contributed by atoms with Crippen LogP contribution >= 0.6 is 0 Å². The normalized spacial score (nSPS) is 17.5. The number of nitrogens with zero attached hydrogens (tertiary/aromatic N) is 3. The number of aromatic nitrogens is 2. The Morgan fingerprint density at radius 3 is 2.50 bits per heavy atom. The molecule has 1 saturated heterocycles. The van der Waals surface area contributed by atoms with E-state index in [-0.39, 0.29) is 11.8 Å². The zero-order valence-electron chi connectivity index (χ0n) is 15.9. The summed E-state index contributed by atoms with van der Waals surface area (Å²) in [5.74, 6) is 1.36. The van der Waals surface area contributed by atoms with Gasteiger partial charge >= 0.3 is 0 Å². The predicted octanol–water partition coefficient (Wildman–Crippen LogP) is 4.50. The van der Waals surface area contributed by atoms with E-state index in [0.29, 0.717) is 13.0 Å². The summed E-state index contributed by atoms with van der Waals surface area (Å²) in [7, 11) is 0. The third-order valence-electron chi connectivity index (χ3n) is 5.40. The monoisotopic (exact) mass is 347 g/mol. The molecular formula is C22H25N3O. The third kappa shape index (κ3) is 2.61. The molecule has 1 aromatic heterocycles. The maximum atomic E-state index is 12.9. The third-order valence-corrected chi connectivity index (χ3v) is 5.40. The van der Waals surface area contributed by atoms with Gasteiger partial charge in [-0.2, -0.15) is 0 Å². The molecule has 4 nitrogen and oxygen atoms in total. The van der Waals surface area contributed by atoms with Crippen LogP contribution in [0, 0.1) is 20.8 Å². The van der Waals surface area contributed by atoms with Crippen molar-refractivity contribution in [2.24, 2.45) is 0 Å². The molecule has 0 aliphatic carbocycles. The Labute approximate surface area is 154 Å². The molecule has 0 bridgehead atoms. The van der Waals surface area contributed by atoms with Crippen molar-refractivity contribution in [3.05, 3.63) is 58.9 Å². The van der Waals surface area contributed by atoms with Crippen LogP contribution in [0.15, 0.2) is 36.4 Å². The van der Waals surface area contributed by atoms with Crippen molar-refractivity contribution in [2.75, 3.05) is 11.4 Å². The van der Waals surface area contributed by atoms with Gasteiger partial charge in [0.15, 0.2) is 0 Å². The molecule has 1 aliphatic rings. The maximum absolute atomic E-state index is 12.9. The van der Waals surface area contributed by atoms with Crippen molar-refractivity contribution >= 4 is 22.6 Å². The first-order valence-electron chi connectivity index (χ1n) is 9.33. The largest absolute Gasteiger partial charge is 0.328 e. The quantitative estimate of drug-likeness (QED) is 0.699. The second-order valence-corrected chi connectivity index (χ2v) is 7.36. The highest BCUT2D eigenvalue weighted by molar-refractivity contribution is 5.98. The second-order valence-electron chi connectivity index (χ2n) is 7.36. The molecule has 0 spiro atoms. The number of anilines is 1. The van der Waals surface area contributed by atoms with Crippen molar-refractivity contribution in [1.29, 1.82) is 0 Å². The predicted molar refractivity (Wildman–Crippen MR) is 106 cm³/mol. The molecule has 4 rings (SSSR count). The number of hydrogen-bond acceptors (Lipinski definition) is 2. The lowest BCUT2D eigenvalue weighted by molar-refractivity contribution is -0.117. The fraction of sp³-hybridized carbons (Fsp3) is 0.364. The molecule has 0 saturated carbocycles. The number of rotatable bonds is 3. The van der Waals surface area contributed by atoms with Crippen LogP contribution in [-0.2, 0) is 11.3 Å². The Morgan fingerprint density at radius 2 is 1.81 bits per heavy atom. The van der Waals surface area contributed by atoms with Crippen LogP contribution in [0.1, 0.15) is 41.8 Å². The lowest BCUT2D eigenvalue weighted by Gasteiger charge is -2.22. The zero-order valence-corrected chi connectivity index (χ0v) is 15.9. The Kier molecular flexibility index (Phi) is 4.06. The van der Waals surface area contributed by atoms with E-state index in [1.165, 1.54) is 16.7 Å². The van der Waals surface area contributed by atoms with Gasteiger partial charge in [0.2, 0.25) is 5.91 Å². The van der Waals surface area contributed by atoms with E-state index in [1.54, 1.807) is 0 Å². The molecule has 26 heavy (non-hydrogen) atoms. The molecule has 1 unspecified atom stereocenters. The fourth-order valence-electron chi connectivity index (χ4n) is 4.43. The zero-order chi connectivity index (χ0) is 18.4. The summed E-state index contributed by atoms with van der Waals surface area (Å²) in [5, 5.41) is 0. The van der Waals surface area contributed by atoms with Gasteiger partial charge in [-0.1, -0.05) is 29.8 Å². The molecule has 1 amide bonds. The molecule has 1 aliphatic heterocycles. The molecule has 134 valence electrons. The summed E-state index contributed by atoms with van der Waals surface area (Å²) < 4.78 is 2.26. The van der Waals surface area contributed by atoms with Gasteiger partial charge < -0.3 is 9.47 Å². The number of benzene rings is 2. The minimum Gasteiger partial charge on any atom is -0.328 e. The Bertz CT molecular complexity index is 979. The first-order valence-corrected chi connectivity index (χ1v) is 9.33. The molecule has 4 heteroatoms. The number of aryl methyl sites for hydroxylation is 4. The van der Waals surface area contributed by atoms with Gasteiger partial charge in [-0.15, -0.1) is 0 Å². The Balaban J connectivity index is 1.73. The van der Waals surface area contributed by atoms with E-state index < -0.39 is 0 Å². The van der Waals surface area contributed by atoms with Gasteiger partial charge in [0.05, 0.1) is 11.0 Å². The van der Waals surface area contributed by atoms with Crippen molar-refractivity contribution in [1.82, 2.24) is 9.55 Å². The van der Waals surface area contributed by atoms with Crippen LogP contribution in [0.3, 0.4) is 0 Å². The summed E-state index contributed by atoms with van der Waals surface area (Å²) in [6.45, 7) is 9.99. The highest BCUT2D eigenvalue weighted by Crippen LogP contribution is 2.36. The van der Waals surface area contributed by atoms with Crippen LogP contribution in [0.2, 0.25) is 0 Å². The SMILES string of the molecule is CCn1c(C2CC(=O)N(c3c(C)cc(C)cc3C)C2)nc2ccccc21. The van der Waals surface area contributed by atoms with Gasteiger partial charge in [0.1, 0.15) is 5.82 Å². The first kappa shape index (κ1) is 16.8. The van der Waals surface area contributed by atoms with Crippen LogP contribution in [-0.4, -0.2) is 22.0 Å². The van der Waals surface area contributed by atoms with E-state index in [9.17, 15) is 4.79 Å². The minimum atomic E-state index is 0.134. The molecule has 1 atom stereocenters. The number of fused-ring (bicyclic) bond motifs is 1. The number of hydrogen-bond donors (Lipinski definition) is 0. The van der Waals surface area contributed by atoms with Crippen molar-refractivity contribution in [3.63, 3.8) is 0 Å². The molecule has 1 fully saturated rings. The molecule has 0 radical (unpaired) electrons. The van der Waals surface area contributed by atoms with E-state index in [4.69, 9.17) is 4.98 Å². The minimum absolute atomic E-state index is 0.134. The van der Waals surface area contributed by atoms with Crippen molar-refractivity contribution in [3.8, 4) is 0 Å². The highest BCUT2D eigenvalue weighted by atomic mass is 16.2. The van der Waals surface area contributed by atoms with E-state index in [0.717, 1.165) is 29.1 Å². The lowest BCUT2D eigenvalue weighted by Crippen LogP contribution is -2.26. The lowest BCUT2D eigenvalue weighted by atomic mass is 10.0. The summed E-state index contributed by atoms with van der Waals surface area (Å²) in [4.78, 5) is 19.7. The number of amides is 1. The molecule has 0 N–H and O–H groups in total. The summed E-state index contributed by atoms with van der Waals surface area (Å²) >= 11 is 0. The summed E-state index contributed by atoms with van der Waals surface area (Å²) in [6, 6.07) is 12.5. The van der Waals surface area contributed by atoms with Gasteiger partial charge in [0.25, 0.3) is 0 Å². The second kappa shape index (κ2) is 6.27. The van der Waals surface area contributed by atoms with Gasteiger partial charge in [-0.05, 0) is 51.0 Å². The summed E-state index contributed by atoms with van der Waals surface area (Å²) in [5.41, 5.74) is 6.81. The number of para-hydroxylation sites is 2. The van der Waals surface area contributed by atoms with E-state index in [1.807, 2.05) is 23.1 Å². The van der Waals surface area contributed by atoms with E-state index >= 15 is 0 Å². The average Bonchev–Trinajstić information content (AvgIpc) is 3.14. The highest BCUT2D eigenvalue weighted by Gasteiger charge is 2.35. The molecule has 2 heterocycles. The Morgan fingerprint density at radius 1 is 1.12 bits per heavy atom. The molecule has 2 aromatic carbocycles. The summed E-state index contributed by atoms with van der Waals surface area (Å²) in [6.07, 6.45) is 0.524.